The Morgan fingerprint density at radius 3 is 1.67 bits per heavy atom. The SMILES string of the molecule is CCCCCCCCO.CCCCCCCCOc1ccc(Br)nc1.Oc1ccc(Br)nc1. The molecule has 0 aliphatic rings. The minimum atomic E-state index is 0.188. The molecule has 0 aliphatic carbocycles. The van der Waals surface area contributed by atoms with E-state index in [2.05, 4.69) is 55.7 Å². The first-order chi connectivity index (χ1) is 16.0. The van der Waals surface area contributed by atoms with Crippen molar-refractivity contribution in [2.75, 3.05) is 13.2 Å². The van der Waals surface area contributed by atoms with Crippen LogP contribution in [0.15, 0.2) is 45.9 Å². The van der Waals surface area contributed by atoms with Crippen molar-refractivity contribution in [1.82, 2.24) is 9.97 Å². The average molecular weight is 590 g/mol. The monoisotopic (exact) mass is 588 g/mol. The zero-order valence-electron chi connectivity index (χ0n) is 20.3. The van der Waals surface area contributed by atoms with Gasteiger partial charge in [-0.25, -0.2) is 9.97 Å². The first kappa shape index (κ1) is 31.8. The molecule has 0 radical (unpaired) electrons. The Bertz CT molecular complexity index is 629. The van der Waals surface area contributed by atoms with Gasteiger partial charge < -0.3 is 14.9 Å². The molecule has 0 spiro atoms. The summed E-state index contributed by atoms with van der Waals surface area (Å²) in [6, 6.07) is 7.08. The molecule has 0 atom stereocenters. The van der Waals surface area contributed by atoms with E-state index in [4.69, 9.17) is 14.9 Å². The molecule has 2 rings (SSSR count). The summed E-state index contributed by atoms with van der Waals surface area (Å²) in [5, 5.41) is 17.1. The van der Waals surface area contributed by atoms with Crippen molar-refractivity contribution >= 4 is 31.9 Å². The average Bonchev–Trinajstić information content (AvgIpc) is 2.82. The molecule has 0 saturated carbocycles. The highest BCUT2D eigenvalue weighted by atomic mass is 79.9. The van der Waals surface area contributed by atoms with Crippen LogP contribution in [0.3, 0.4) is 0 Å². The fourth-order valence-corrected chi connectivity index (χ4v) is 3.25. The molecule has 0 saturated heterocycles. The van der Waals surface area contributed by atoms with Gasteiger partial charge in [0, 0.05) is 6.61 Å². The van der Waals surface area contributed by atoms with Crippen molar-refractivity contribution < 1.29 is 14.9 Å². The van der Waals surface area contributed by atoms with Crippen molar-refractivity contribution in [3.63, 3.8) is 0 Å². The van der Waals surface area contributed by atoms with E-state index in [9.17, 15) is 0 Å². The van der Waals surface area contributed by atoms with Gasteiger partial charge in [-0.05, 0) is 69.0 Å². The number of aliphatic hydroxyl groups excluding tert-OH is 1. The first-order valence-electron chi connectivity index (χ1n) is 12.2. The number of hydrogen-bond donors (Lipinski definition) is 2. The van der Waals surface area contributed by atoms with E-state index in [0.29, 0.717) is 6.61 Å². The molecule has 0 bridgehead atoms. The Hall–Kier alpha value is -1.18. The molecule has 7 heteroatoms. The van der Waals surface area contributed by atoms with Crippen LogP contribution in [0.2, 0.25) is 0 Å². The second-order valence-electron chi connectivity index (χ2n) is 7.76. The predicted molar refractivity (Wildman–Crippen MR) is 145 cm³/mol. The zero-order chi connectivity index (χ0) is 24.6. The van der Waals surface area contributed by atoms with Crippen LogP contribution >= 0.6 is 31.9 Å². The summed E-state index contributed by atoms with van der Waals surface area (Å²) in [5.41, 5.74) is 0. The molecule has 0 amide bonds. The Morgan fingerprint density at radius 1 is 0.697 bits per heavy atom. The molecule has 0 unspecified atom stereocenters. The summed E-state index contributed by atoms with van der Waals surface area (Å²) in [7, 11) is 0. The van der Waals surface area contributed by atoms with Crippen molar-refractivity contribution in [2.24, 2.45) is 0 Å². The number of pyridine rings is 2. The molecular formula is C26H42Br2N2O3. The number of unbranched alkanes of at least 4 members (excludes halogenated alkanes) is 10. The largest absolute Gasteiger partial charge is 0.506 e. The maximum absolute atomic E-state index is 8.67. The second kappa shape index (κ2) is 24.0. The van der Waals surface area contributed by atoms with Crippen LogP contribution in [0.1, 0.15) is 90.9 Å². The highest BCUT2D eigenvalue weighted by Gasteiger charge is 1.95. The van der Waals surface area contributed by atoms with E-state index in [0.717, 1.165) is 34.4 Å². The number of rotatable bonds is 14. The smallest absolute Gasteiger partial charge is 0.137 e. The number of ether oxygens (including phenoxy) is 1. The standard InChI is InChI=1S/C13H20BrNO.C8H18O.C5H4BrNO/c1-2-3-4-5-6-7-10-16-12-8-9-13(14)15-11-12;1-2-3-4-5-6-7-8-9;6-5-2-1-4(8)3-7-5/h8-9,11H,2-7,10H2,1H3;9H,2-8H2,1H3;1-3,8H. The molecule has 33 heavy (non-hydrogen) atoms. The third kappa shape index (κ3) is 22.4. The zero-order valence-corrected chi connectivity index (χ0v) is 23.5. The molecular weight excluding hydrogens is 548 g/mol. The van der Waals surface area contributed by atoms with Crippen LogP contribution in [0.25, 0.3) is 0 Å². The van der Waals surface area contributed by atoms with Crippen LogP contribution in [0.4, 0.5) is 0 Å². The van der Waals surface area contributed by atoms with Gasteiger partial charge in [0.25, 0.3) is 0 Å². The normalized spacial score (nSPS) is 9.97. The topological polar surface area (TPSA) is 75.5 Å². The van der Waals surface area contributed by atoms with Gasteiger partial charge in [-0.1, -0.05) is 78.1 Å². The number of halogens is 2. The maximum atomic E-state index is 8.67. The summed E-state index contributed by atoms with van der Waals surface area (Å²) in [6.07, 6.45) is 18.4. The number of aliphatic hydroxyl groups is 1. The van der Waals surface area contributed by atoms with Crippen LogP contribution in [-0.2, 0) is 0 Å². The van der Waals surface area contributed by atoms with Crippen LogP contribution in [0, 0.1) is 0 Å². The number of aromatic nitrogens is 2. The first-order valence-corrected chi connectivity index (χ1v) is 13.8. The Kier molecular flexibility index (Phi) is 23.1. The summed E-state index contributed by atoms with van der Waals surface area (Å²) >= 11 is 6.42. The second-order valence-corrected chi connectivity index (χ2v) is 9.39. The number of nitrogens with zero attached hydrogens (tertiary/aromatic N) is 2. The molecule has 2 heterocycles. The van der Waals surface area contributed by atoms with Crippen molar-refractivity contribution in [2.45, 2.75) is 90.9 Å². The Labute approximate surface area is 217 Å². The molecule has 0 fully saturated rings. The van der Waals surface area contributed by atoms with Gasteiger partial charge >= 0.3 is 0 Å². The Morgan fingerprint density at radius 2 is 1.21 bits per heavy atom. The van der Waals surface area contributed by atoms with E-state index in [-0.39, 0.29) is 5.75 Å². The lowest BCUT2D eigenvalue weighted by atomic mass is 10.1. The lowest BCUT2D eigenvalue weighted by Crippen LogP contribution is -1.97. The van der Waals surface area contributed by atoms with E-state index in [1.54, 1.807) is 18.3 Å². The van der Waals surface area contributed by atoms with Gasteiger partial charge in [0.2, 0.25) is 0 Å². The summed E-state index contributed by atoms with van der Waals surface area (Å²) in [4.78, 5) is 7.86. The highest BCUT2D eigenvalue weighted by Crippen LogP contribution is 2.13. The highest BCUT2D eigenvalue weighted by molar-refractivity contribution is 9.10. The van der Waals surface area contributed by atoms with Gasteiger partial charge in [-0.15, -0.1) is 0 Å². The fraction of sp³-hybridized carbons (Fsp3) is 0.615. The molecule has 2 aromatic heterocycles. The third-order valence-electron chi connectivity index (χ3n) is 4.69. The fourth-order valence-electron chi connectivity index (χ4n) is 2.78. The summed E-state index contributed by atoms with van der Waals surface area (Å²) in [6.45, 7) is 5.62. The van der Waals surface area contributed by atoms with Crippen molar-refractivity contribution in [1.29, 1.82) is 0 Å². The van der Waals surface area contributed by atoms with Gasteiger partial charge in [0.15, 0.2) is 0 Å². The van der Waals surface area contributed by atoms with E-state index in [1.807, 2.05) is 12.1 Å². The lowest BCUT2D eigenvalue weighted by Gasteiger charge is -2.05. The van der Waals surface area contributed by atoms with Crippen LogP contribution in [-0.4, -0.2) is 33.4 Å². The van der Waals surface area contributed by atoms with Gasteiger partial charge in [-0.3, -0.25) is 0 Å². The maximum Gasteiger partial charge on any atom is 0.137 e. The van der Waals surface area contributed by atoms with Crippen molar-refractivity contribution in [3.05, 3.63) is 45.9 Å². The third-order valence-corrected chi connectivity index (χ3v) is 5.63. The number of hydrogen-bond acceptors (Lipinski definition) is 5. The van der Waals surface area contributed by atoms with Crippen LogP contribution in [0.5, 0.6) is 11.5 Å². The van der Waals surface area contributed by atoms with E-state index < -0.39 is 0 Å². The number of aromatic hydroxyl groups is 1. The minimum Gasteiger partial charge on any atom is -0.506 e. The Balaban J connectivity index is 0.000000510. The molecule has 0 aromatic carbocycles. The molecule has 0 aliphatic heterocycles. The van der Waals surface area contributed by atoms with Gasteiger partial charge in [-0.2, -0.15) is 0 Å². The van der Waals surface area contributed by atoms with Gasteiger partial charge in [0.1, 0.15) is 20.7 Å². The van der Waals surface area contributed by atoms with Crippen LogP contribution < -0.4 is 4.74 Å². The quantitative estimate of drug-likeness (QED) is 0.171. The molecule has 2 aromatic rings. The summed E-state index contributed by atoms with van der Waals surface area (Å²) in [5.74, 6) is 1.05. The van der Waals surface area contributed by atoms with E-state index in [1.165, 1.54) is 70.4 Å². The molecule has 188 valence electrons. The summed E-state index contributed by atoms with van der Waals surface area (Å²) < 4.78 is 7.16. The minimum absolute atomic E-state index is 0.188. The molecule has 2 N–H and O–H groups in total. The van der Waals surface area contributed by atoms with Gasteiger partial charge in [0.05, 0.1) is 19.0 Å². The lowest BCUT2D eigenvalue weighted by molar-refractivity contribution is 0.282. The predicted octanol–water partition coefficient (Wildman–Crippen LogP) is 8.47. The molecule has 5 nitrogen and oxygen atoms in total. The van der Waals surface area contributed by atoms with E-state index >= 15 is 0 Å². The van der Waals surface area contributed by atoms with Crippen molar-refractivity contribution in [3.8, 4) is 11.5 Å².